The highest BCUT2D eigenvalue weighted by Gasteiger charge is 2.27. The molecule has 1 aliphatic heterocycles. The minimum Gasteiger partial charge on any atom is -0.338 e. The van der Waals surface area contributed by atoms with Gasteiger partial charge in [0.2, 0.25) is 0 Å². The standard InChI is InChI=1S/C14H19BrN2O/c1-16-8-6-11-7-9-17(10-11)14(18)12-4-2-3-5-13(12)15/h2-5,11,16H,6-10H2,1H3. The maximum absolute atomic E-state index is 12.4. The van der Waals surface area contributed by atoms with Gasteiger partial charge in [0, 0.05) is 17.6 Å². The highest BCUT2D eigenvalue weighted by Crippen LogP contribution is 2.24. The molecule has 0 saturated carbocycles. The molecule has 3 nitrogen and oxygen atoms in total. The van der Waals surface area contributed by atoms with Crippen LogP contribution in [0, 0.1) is 5.92 Å². The van der Waals surface area contributed by atoms with Crippen molar-refractivity contribution in [1.29, 1.82) is 0 Å². The highest BCUT2D eigenvalue weighted by molar-refractivity contribution is 9.10. The SMILES string of the molecule is CNCCC1CCN(C(=O)c2ccccc2Br)C1. The molecule has 1 fully saturated rings. The lowest BCUT2D eigenvalue weighted by Gasteiger charge is -2.17. The van der Waals surface area contributed by atoms with E-state index in [9.17, 15) is 4.79 Å². The molecule has 1 aromatic rings. The van der Waals surface area contributed by atoms with E-state index < -0.39 is 0 Å². The zero-order valence-corrected chi connectivity index (χ0v) is 12.2. The van der Waals surface area contributed by atoms with Crippen LogP contribution in [0.4, 0.5) is 0 Å². The van der Waals surface area contributed by atoms with E-state index in [2.05, 4.69) is 21.2 Å². The molecule has 0 bridgehead atoms. The number of likely N-dealkylation sites (tertiary alicyclic amines) is 1. The minimum absolute atomic E-state index is 0.148. The second-order valence-electron chi connectivity index (χ2n) is 4.78. The van der Waals surface area contributed by atoms with Crippen molar-refractivity contribution in [3.05, 3.63) is 34.3 Å². The third kappa shape index (κ3) is 3.12. The summed E-state index contributed by atoms with van der Waals surface area (Å²) in [6, 6.07) is 7.64. The molecule has 1 aromatic carbocycles. The molecule has 1 amide bonds. The number of nitrogens with zero attached hydrogens (tertiary/aromatic N) is 1. The molecule has 1 unspecified atom stereocenters. The third-order valence-corrected chi connectivity index (χ3v) is 4.17. The van der Waals surface area contributed by atoms with Crippen LogP contribution in [0.2, 0.25) is 0 Å². The summed E-state index contributed by atoms with van der Waals surface area (Å²) in [5.41, 5.74) is 0.770. The van der Waals surface area contributed by atoms with Gasteiger partial charge in [0.05, 0.1) is 5.56 Å². The number of nitrogens with one attached hydrogen (secondary N) is 1. The fraction of sp³-hybridized carbons (Fsp3) is 0.500. The van der Waals surface area contributed by atoms with Crippen LogP contribution in [0.15, 0.2) is 28.7 Å². The molecular weight excluding hydrogens is 292 g/mol. The summed E-state index contributed by atoms with van der Waals surface area (Å²) in [5.74, 6) is 0.790. The number of rotatable bonds is 4. The fourth-order valence-electron chi connectivity index (χ4n) is 2.41. The topological polar surface area (TPSA) is 32.3 Å². The Hall–Kier alpha value is -0.870. The number of hydrogen-bond donors (Lipinski definition) is 1. The number of benzene rings is 1. The summed E-state index contributed by atoms with van der Waals surface area (Å²) in [5, 5.41) is 3.17. The van der Waals surface area contributed by atoms with E-state index in [1.165, 1.54) is 0 Å². The van der Waals surface area contributed by atoms with Crippen LogP contribution in [0.25, 0.3) is 0 Å². The Morgan fingerprint density at radius 2 is 2.28 bits per heavy atom. The maximum atomic E-state index is 12.4. The first-order valence-corrected chi connectivity index (χ1v) is 7.20. The van der Waals surface area contributed by atoms with E-state index in [1.807, 2.05) is 36.2 Å². The fourth-order valence-corrected chi connectivity index (χ4v) is 2.86. The largest absolute Gasteiger partial charge is 0.338 e. The Labute approximate surface area is 117 Å². The van der Waals surface area contributed by atoms with E-state index in [0.717, 1.165) is 42.5 Å². The number of halogens is 1. The van der Waals surface area contributed by atoms with Gasteiger partial charge in [0.25, 0.3) is 5.91 Å². The van der Waals surface area contributed by atoms with Crippen LogP contribution in [-0.2, 0) is 0 Å². The van der Waals surface area contributed by atoms with Gasteiger partial charge in [-0.3, -0.25) is 4.79 Å². The molecule has 0 radical (unpaired) electrons. The maximum Gasteiger partial charge on any atom is 0.255 e. The van der Waals surface area contributed by atoms with E-state index in [1.54, 1.807) is 0 Å². The van der Waals surface area contributed by atoms with Crippen LogP contribution in [0.1, 0.15) is 23.2 Å². The molecule has 1 heterocycles. The van der Waals surface area contributed by atoms with Crippen molar-refractivity contribution in [2.75, 3.05) is 26.7 Å². The molecule has 0 spiro atoms. The van der Waals surface area contributed by atoms with Crippen molar-refractivity contribution in [1.82, 2.24) is 10.2 Å². The van der Waals surface area contributed by atoms with Gasteiger partial charge in [-0.2, -0.15) is 0 Å². The van der Waals surface area contributed by atoms with Crippen molar-refractivity contribution in [2.24, 2.45) is 5.92 Å². The molecule has 4 heteroatoms. The molecule has 98 valence electrons. The number of carbonyl (C=O) groups excluding carboxylic acids is 1. The van der Waals surface area contributed by atoms with Crippen molar-refractivity contribution in [3.63, 3.8) is 0 Å². The van der Waals surface area contributed by atoms with Gasteiger partial charge >= 0.3 is 0 Å². The Bertz CT molecular complexity index is 422. The van der Waals surface area contributed by atoms with E-state index in [0.29, 0.717) is 5.92 Å². The van der Waals surface area contributed by atoms with Gasteiger partial charge in [-0.25, -0.2) is 0 Å². The van der Waals surface area contributed by atoms with Gasteiger partial charge in [0.1, 0.15) is 0 Å². The zero-order valence-electron chi connectivity index (χ0n) is 10.7. The first-order chi connectivity index (χ1) is 8.72. The second kappa shape index (κ2) is 6.34. The van der Waals surface area contributed by atoms with Crippen molar-refractivity contribution in [3.8, 4) is 0 Å². The highest BCUT2D eigenvalue weighted by atomic mass is 79.9. The van der Waals surface area contributed by atoms with E-state index in [-0.39, 0.29) is 5.91 Å². The lowest BCUT2D eigenvalue weighted by atomic mass is 10.1. The Balaban J connectivity index is 1.97. The van der Waals surface area contributed by atoms with Crippen molar-refractivity contribution in [2.45, 2.75) is 12.8 Å². The average Bonchev–Trinajstić information content (AvgIpc) is 2.85. The van der Waals surface area contributed by atoms with Crippen LogP contribution in [0.5, 0.6) is 0 Å². The normalized spacial score (nSPS) is 19.2. The van der Waals surface area contributed by atoms with E-state index >= 15 is 0 Å². The minimum atomic E-state index is 0.148. The number of amides is 1. The second-order valence-corrected chi connectivity index (χ2v) is 5.63. The number of carbonyl (C=O) groups is 1. The summed E-state index contributed by atoms with van der Waals surface area (Å²) in [4.78, 5) is 14.3. The number of hydrogen-bond acceptors (Lipinski definition) is 2. The first kappa shape index (κ1) is 13.6. The molecule has 1 saturated heterocycles. The molecule has 2 rings (SSSR count). The van der Waals surface area contributed by atoms with Gasteiger partial charge in [-0.15, -0.1) is 0 Å². The first-order valence-electron chi connectivity index (χ1n) is 6.40. The predicted molar refractivity (Wildman–Crippen MR) is 76.7 cm³/mol. The summed E-state index contributed by atoms with van der Waals surface area (Å²) in [6.07, 6.45) is 2.27. The molecular formula is C14H19BrN2O. The lowest BCUT2D eigenvalue weighted by Crippen LogP contribution is -2.29. The van der Waals surface area contributed by atoms with Gasteiger partial charge in [0.15, 0.2) is 0 Å². The summed E-state index contributed by atoms with van der Waals surface area (Å²) < 4.78 is 0.883. The Morgan fingerprint density at radius 3 is 3.00 bits per heavy atom. The molecule has 0 aliphatic carbocycles. The lowest BCUT2D eigenvalue weighted by molar-refractivity contribution is 0.0785. The van der Waals surface area contributed by atoms with Gasteiger partial charge < -0.3 is 10.2 Å². The Kier molecular flexibility index (Phi) is 4.78. The molecule has 1 N–H and O–H groups in total. The quantitative estimate of drug-likeness (QED) is 0.927. The van der Waals surface area contributed by atoms with Gasteiger partial charge in [-0.1, -0.05) is 12.1 Å². The van der Waals surface area contributed by atoms with Crippen molar-refractivity contribution >= 4 is 21.8 Å². The van der Waals surface area contributed by atoms with Crippen molar-refractivity contribution < 1.29 is 4.79 Å². The Morgan fingerprint density at radius 1 is 1.50 bits per heavy atom. The van der Waals surface area contributed by atoms with Crippen LogP contribution < -0.4 is 5.32 Å². The van der Waals surface area contributed by atoms with Crippen LogP contribution in [-0.4, -0.2) is 37.5 Å². The molecule has 1 atom stereocenters. The third-order valence-electron chi connectivity index (χ3n) is 3.48. The smallest absolute Gasteiger partial charge is 0.255 e. The van der Waals surface area contributed by atoms with Crippen LogP contribution in [0.3, 0.4) is 0 Å². The van der Waals surface area contributed by atoms with Gasteiger partial charge in [-0.05, 0) is 60.4 Å². The summed E-state index contributed by atoms with van der Waals surface area (Å²) in [6.45, 7) is 2.80. The summed E-state index contributed by atoms with van der Waals surface area (Å²) in [7, 11) is 1.97. The zero-order chi connectivity index (χ0) is 13.0. The monoisotopic (exact) mass is 310 g/mol. The molecule has 1 aliphatic rings. The average molecular weight is 311 g/mol. The van der Waals surface area contributed by atoms with E-state index in [4.69, 9.17) is 0 Å². The molecule has 18 heavy (non-hydrogen) atoms. The summed E-state index contributed by atoms with van der Waals surface area (Å²) >= 11 is 3.44. The molecule has 0 aromatic heterocycles. The predicted octanol–water partition coefficient (Wildman–Crippen LogP) is 2.52. The van der Waals surface area contributed by atoms with Crippen LogP contribution >= 0.6 is 15.9 Å².